The highest BCUT2D eigenvalue weighted by Gasteiger charge is 2.19. The van der Waals surface area contributed by atoms with Crippen molar-refractivity contribution < 1.29 is 9.84 Å². The SMILES string of the molecule is C=c1cc(-c2cc3cc(CN4CCN(CC(O)COC)CC4)ccc3[nH]2)c(=O)[nH]/c1=C/C. The minimum Gasteiger partial charge on any atom is -0.389 e. The normalized spacial score (nSPS) is 17.3. The van der Waals surface area contributed by atoms with Gasteiger partial charge in [0.15, 0.2) is 0 Å². The fourth-order valence-corrected chi connectivity index (χ4v) is 4.40. The van der Waals surface area contributed by atoms with Crippen LogP contribution in [0.1, 0.15) is 12.5 Å². The van der Waals surface area contributed by atoms with Crippen molar-refractivity contribution in [3.8, 4) is 11.3 Å². The number of methoxy groups -OCH3 is 1. The quantitative estimate of drug-likeness (QED) is 0.512. The lowest BCUT2D eigenvalue weighted by molar-refractivity contribution is 0.0230. The van der Waals surface area contributed by atoms with Crippen LogP contribution in [0.3, 0.4) is 0 Å². The molecule has 0 spiro atoms. The average molecular weight is 437 g/mol. The van der Waals surface area contributed by atoms with Crippen LogP contribution in [-0.2, 0) is 11.3 Å². The second-order valence-corrected chi connectivity index (χ2v) is 8.53. The third-order valence-electron chi connectivity index (χ3n) is 6.12. The molecule has 0 aliphatic carbocycles. The first-order valence-electron chi connectivity index (χ1n) is 11.1. The van der Waals surface area contributed by atoms with Crippen LogP contribution in [-0.4, -0.2) is 77.4 Å². The molecule has 1 aliphatic rings. The van der Waals surface area contributed by atoms with Crippen LogP contribution in [0.5, 0.6) is 0 Å². The number of rotatable bonds is 7. The molecule has 3 aromatic rings. The van der Waals surface area contributed by atoms with Crippen molar-refractivity contribution in [3.05, 3.63) is 56.8 Å². The van der Waals surface area contributed by atoms with Gasteiger partial charge < -0.3 is 19.8 Å². The van der Waals surface area contributed by atoms with Gasteiger partial charge in [-0.2, -0.15) is 0 Å². The summed E-state index contributed by atoms with van der Waals surface area (Å²) in [5.41, 5.74) is 3.54. The van der Waals surface area contributed by atoms with E-state index in [2.05, 4.69) is 44.5 Å². The first kappa shape index (κ1) is 22.5. The molecule has 1 aliphatic heterocycles. The van der Waals surface area contributed by atoms with Gasteiger partial charge in [-0.25, -0.2) is 0 Å². The van der Waals surface area contributed by atoms with Crippen molar-refractivity contribution in [3.63, 3.8) is 0 Å². The molecule has 0 radical (unpaired) electrons. The van der Waals surface area contributed by atoms with Gasteiger partial charge in [-0.1, -0.05) is 18.7 Å². The molecule has 3 heterocycles. The fourth-order valence-electron chi connectivity index (χ4n) is 4.40. The number of ether oxygens (including phenoxy) is 1. The zero-order valence-electron chi connectivity index (χ0n) is 18.9. The summed E-state index contributed by atoms with van der Waals surface area (Å²) in [6.07, 6.45) is 1.42. The smallest absolute Gasteiger partial charge is 0.257 e. The van der Waals surface area contributed by atoms with Gasteiger partial charge in [0.2, 0.25) is 0 Å². The maximum absolute atomic E-state index is 12.5. The zero-order chi connectivity index (χ0) is 22.7. The predicted molar refractivity (Wildman–Crippen MR) is 129 cm³/mol. The molecule has 1 fully saturated rings. The molecule has 32 heavy (non-hydrogen) atoms. The van der Waals surface area contributed by atoms with Gasteiger partial charge in [0, 0.05) is 62.6 Å². The number of aromatic nitrogens is 2. The molecule has 3 N–H and O–H groups in total. The summed E-state index contributed by atoms with van der Waals surface area (Å²) in [4.78, 5) is 23.5. The Morgan fingerprint density at radius 2 is 1.91 bits per heavy atom. The number of hydrogen-bond acceptors (Lipinski definition) is 5. The van der Waals surface area contributed by atoms with E-state index in [1.165, 1.54) is 5.56 Å². The number of hydrogen-bond donors (Lipinski definition) is 3. The van der Waals surface area contributed by atoms with E-state index in [-0.39, 0.29) is 5.56 Å². The van der Waals surface area contributed by atoms with Crippen molar-refractivity contribution in [2.75, 3.05) is 46.4 Å². The average Bonchev–Trinajstić information content (AvgIpc) is 3.19. The monoisotopic (exact) mass is 436 g/mol. The van der Waals surface area contributed by atoms with Crippen molar-refractivity contribution in [1.29, 1.82) is 0 Å². The topological polar surface area (TPSA) is 84.6 Å². The van der Waals surface area contributed by atoms with Crippen LogP contribution in [0.2, 0.25) is 0 Å². The molecule has 1 unspecified atom stereocenters. The summed E-state index contributed by atoms with van der Waals surface area (Å²) in [5.74, 6) is 0. The van der Waals surface area contributed by atoms with Gasteiger partial charge in [-0.05, 0) is 42.0 Å². The van der Waals surface area contributed by atoms with Gasteiger partial charge in [0.25, 0.3) is 5.56 Å². The molecule has 1 aromatic carbocycles. The van der Waals surface area contributed by atoms with E-state index in [1.54, 1.807) is 7.11 Å². The van der Waals surface area contributed by atoms with E-state index < -0.39 is 6.10 Å². The lowest BCUT2D eigenvalue weighted by Gasteiger charge is -2.35. The lowest BCUT2D eigenvalue weighted by atomic mass is 10.1. The number of pyridine rings is 1. The van der Waals surface area contributed by atoms with Crippen LogP contribution in [0.15, 0.2) is 35.1 Å². The highest BCUT2D eigenvalue weighted by Crippen LogP contribution is 2.23. The van der Waals surface area contributed by atoms with Gasteiger partial charge in [-0.3, -0.25) is 14.6 Å². The minimum absolute atomic E-state index is 0.120. The molecule has 7 nitrogen and oxygen atoms in total. The van der Waals surface area contributed by atoms with E-state index in [4.69, 9.17) is 4.74 Å². The van der Waals surface area contributed by atoms with E-state index in [1.807, 2.05) is 25.1 Å². The number of piperazine rings is 1. The molecule has 7 heteroatoms. The number of H-pyrrole nitrogens is 2. The van der Waals surface area contributed by atoms with Crippen LogP contribution >= 0.6 is 0 Å². The summed E-state index contributed by atoms with van der Waals surface area (Å²) >= 11 is 0. The van der Waals surface area contributed by atoms with Crippen molar-refractivity contribution in [2.24, 2.45) is 0 Å². The lowest BCUT2D eigenvalue weighted by Crippen LogP contribution is -2.48. The number of benzene rings is 1. The molecule has 1 saturated heterocycles. The Hall–Kier alpha value is -2.71. The standard InChI is InChI=1S/C25H32N4O3/c1-4-22-17(2)11-21(25(31)27-22)24-13-19-12-18(5-6-23(19)26-24)14-28-7-9-29(10-8-28)15-20(30)16-32-3/h4-6,11-13,20,26,30H,2,7-10,14-16H2,1,3H3,(H,27,31)/b22-4+. The summed E-state index contributed by atoms with van der Waals surface area (Å²) in [6, 6.07) is 10.3. The Bertz CT molecular complexity index is 1240. The summed E-state index contributed by atoms with van der Waals surface area (Å²) in [7, 11) is 1.61. The van der Waals surface area contributed by atoms with E-state index >= 15 is 0 Å². The van der Waals surface area contributed by atoms with Crippen molar-refractivity contribution >= 4 is 23.6 Å². The maximum Gasteiger partial charge on any atom is 0.257 e. The van der Waals surface area contributed by atoms with Gasteiger partial charge in [0.05, 0.1) is 24.0 Å². The molecule has 4 rings (SSSR count). The summed E-state index contributed by atoms with van der Waals surface area (Å²) < 4.78 is 5.02. The van der Waals surface area contributed by atoms with E-state index in [9.17, 15) is 9.90 Å². The molecular formula is C25H32N4O3. The van der Waals surface area contributed by atoms with Gasteiger partial charge >= 0.3 is 0 Å². The summed E-state index contributed by atoms with van der Waals surface area (Å²) in [5, 5.41) is 12.6. The Kier molecular flexibility index (Phi) is 6.91. The van der Waals surface area contributed by atoms with Crippen molar-refractivity contribution in [2.45, 2.75) is 19.6 Å². The first-order chi connectivity index (χ1) is 15.5. The Balaban J connectivity index is 1.45. The second kappa shape index (κ2) is 9.83. The van der Waals surface area contributed by atoms with Gasteiger partial charge in [0.1, 0.15) is 0 Å². The highest BCUT2D eigenvalue weighted by molar-refractivity contribution is 5.86. The van der Waals surface area contributed by atoms with Gasteiger partial charge in [-0.15, -0.1) is 0 Å². The minimum atomic E-state index is -0.431. The van der Waals surface area contributed by atoms with Crippen LogP contribution < -0.4 is 16.1 Å². The summed E-state index contributed by atoms with van der Waals surface area (Å²) in [6.45, 7) is 11.7. The first-order valence-corrected chi connectivity index (χ1v) is 11.1. The number of aliphatic hydroxyl groups is 1. The second-order valence-electron chi connectivity index (χ2n) is 8.53. The number of nitrogens with zero attached hydrogens (tertiary/aromatic N) is 2. The van der Waals surface area contributed by atoms with Crippen LogP contribution in [0.25, 0.3) is 34.8 Å². The van der Waals surface area contributed by atoms with Crippen molar-refractivity contribution in [1.82, 2.24) is 19.8 Å². The number of aliphatic hydroxyl groups excluding tert-OH is 1. The van der Waals surface area contributed by atoms with Crippen LogP contribution in [0, 0.1) is 0 Å². The molecule has 1 atom stereocenters. The third-order valence-corrected chi connectivity index (χ3v) is 6.12. The number of β-amino-alcohol motifs (C(OH)–C–C–N with tert-alkyl or cyclic N) is 1. The highest BCUT2D eigenvalue weighted by atomic mass is 16.5. The Labute approximate surface area is 187 Å². The third kappa shape index (κ3) is 5.02. The maximum atomic E-state index is 12.5. The Morgan fingerprint density at radius 1 is 1.16 bits per heavy atom. The zero-order valence-corrected chi connectivity index (χ0v) is 18.9. The fraction of sp³-hybridized carbons (Fsp3) is 0.400. The molecule has 0 bridgehead atoms. The number of nitrogens with one attached hydrogen (secondary N) is 2. The predicted octanol–water partition coefficient (Wildman–Crippen LogP) is 0.859. The number of aromatic amines is 2. The molecule has 0 amide bonds. The Morgan fingerprint density at radius 3 is 2.62 bits per heavy atom. The molecular weight excluding hydrogens is 404 g/mol. The molecule has 0 saturated carbocycles. The van der Waals surface area contributed by atoms with Crippen LogP contribution in [0.4, 0.5) is 0 Å². The van der Waals surface area contributed by atoms with E-state index in [0.717, 1.165) is 59.9 Å². The molecule has 170 valence electrons. The number of fused-ring (bicyclic) bond motifs is 1. The largest absolute Gasteiger partial charge is 0.389 e. The van der Waals surface area contributed by atoms with E-state index in [0.29, 0.717) is 18.7 Å². The molecule has 2 aromatic heterocycles.